The molecular formula is C28H26N2O3S. The minimum absolute atomic E-state index is 0.0782. The molecule has 0 radical (unpaired) electrons. The summed E-state index contributed by atoms with van der Waals surface area (Å²) in [5, 5.41) is 0.0782. The monoisotopic (exact) mass is 470 g/mol. The molecule has 0 N–H and O–H groups in total. The van der Waals surface area contributed by atoms with Gasteiger partial charge < -0.3 is 9.64 Å². The van der Waals surface area contributed by atoms with Crippen LogP contribution in [0.1, 0.15) is 6.92 Å². The van der Waals surface area contributed by atoms with Crippen molar-refractivity contribution in [3.8, 4) is 28.0 Å². The van der Waals surface area contributed by atoms with Crippen LogP contribution in [-0.2, 0) is 9.84 Å². The van der Waals surface area contributed by atoms with Gasteiger partial charge in [-0.15, -0.1) is 0 Å². The van der Waals surface area contributed by atoms with Gasteiger partial charge in [-0.1, -0.05) is 54.6 Å². The summed E-state index contributed by atoms with van der Waals surface area (Å²) >= 11 is 0. The van der Waals surface area contributed by atoms with E-state index in [4.69, 9.17) is 4.74 Å². The number of pyridine rings is 1. The van der Waals surface area contributed by atoms with Gasteiger partial charge in [0.05, 0.1) is 12.6 Å². The minimum atomic E-state index is -3.30. The van der Waals surface area contributed by atoms with E-state index in [0.717, 1.165) is 29.7 Å². The van der Waals surface area contributed by atoms with Gasteiger partial charge in [-0.25, -0.2) is 13.4 Å². The SMILES string of the molecule is CC1C(Oc2ccc(-c3ccc(S(C)(=O)=O)nc3)cc2)CN1c1ccc(-c2ccccc2)cc1. The average Bonchev–Trinajstić information content (AvgIpc) is 2.87. The van der Waals surface area contributed by atoms with Crippen molar-refractivity contribution in [1.82, 2.24) is 4.98 Å². The van der Waals surface area contributed by atoms with Gasteiger partial charge in [0.15, 0.2) is 14.9 Å². The Bertz CT molecular complexity index is 1370. The van der Waals surface area contributed by atoms with Crippen molar-refractivity contribution in [3.05, 3.63) is 97.2 Å². The molecule has 1 aromatic heterocycles. The van der Waals surface area contributed by atoms with Crippen LogP contribution < -0.4 is 9.64 Å². The van der Waals surface area contributed by atoms with E-state index in [0.29, 0.717) is 0 Å². The van der Waals surface area contributed by atoms with E-state index < -0.39 is 9.84 Å². The summed E-state index contributed by atoms with van der Waals surface area (Å²) in [6.07, 6.45) is 2.86. The molecule has 0 saturated carbocycles. The summed E-state index contributed by atoms with van der Waals surface area (Å²) in [6, 6.07) is 30.5. The standard InChI is InChI=1S/C28H26N2O3S/c1-20-27(19-30(20)25-13-8-22(9-14-25)21-6-4-3-5-7-21)33-26-15-10-23(11-16-26)24-12-17-28(29-18-24)34(2,31)32/h3-18,20,27H,19H2,1-2H3. The zero-order valence-electron chi connectivity index (χ0n) is 19.1. The molecule has 1 saturated heterocycles. The number of sulfone groups is 1. The number of hydrogen-bond acceptors (Lipinski definition) is 5. The lowest BCUT2D eigenvalue weighted by Gasteiger charge is -2.47. The first-order chi connectivity index (χ1) is 16.4. The third kappa shape index (κ3) is 4.54. The number of ether oxygens (including phenoxy) is 1. The molecule has 3 aromatic carbocycles. The fourth-order valence-corrected chi connectivity index (χ4v) is 4.76. The Balaban J connectivity index is 1.20. The fraction of sp³-hybridized carbons (Fsp3) is 0.179. The second kappa shape index (κ2) is 8.95. The van der Waals surface area contributed by atoms with E-state index in [1.807, 2.05) is 30.3 Å². The zero-order chi connectivity index (χ0) is 23.7. The van der Waals surface area contributed by atoms with E-state index in [-0.39, 0.29) is 17.2 Å². The van der Waals surface area contributed by atoms with Gasteiger partial charge in [0.25, 0.3) is 0 Å². The Morgan fingerprint density at radius 2 is 1.38 bits per heavy atom. The van der Waals surface area contributed by atoms with Crippen LogP contribution in [-0.4, -0.2) is 38.3 Å². The van der Waals surface area contributed by atoms with Crippen LogP contribution in [0.2, 0.25) is 0 Å². The highest BCUT2D eigenvalue weighted by Gasteiger charge is 2.37. The predicted octanol–water partition coefficient (Wildman–Crippen LogP) is 5.48. The molecule has 0 bridgehead atoms. The highest BCUT2D eigenvalue weighted by Crippen LogP contribution is 2.32. The second-order valence-corrected chi connectivity index (χ2v) is 10.6. The van der Waals surface area contributed by atoms with Crippen molar-refractivity contribution in [1.29, 1.82) is 0 Å². The van der Waals surface area contributed by atoms with Gasteiger partial charge in [0, 0.05) is 23.7 Å². The minimum Gasteiger partial charge on any atom is -0.486 e. The molecule has 1 fully saturated rings. The van der Waals surface area contributed by atoms with Gasteiger partial charge in [-0.3, -0.25) is 0 Å². The predicted molar refractivity (Wildman–Crippen MR) is 136 cm³/mol. The molecule has 172 valence electrons. The molecule has 0 amide bonds. The van der Waals surface area contributed by atoms with Gasteiger partial charge in [-0.2, -0.15) is 0 Å². The number of rotatable bonds is 6. The molecule has 1 aliphatic rings. The quantitative estimate of drug-likeness (QED) is 0.374. The van der Waals surface area contributed by atoms with E-state index in [9.17, 15) is 8.42 Å². The number of benzene rings is 3. The Morgan fingerprint density at radius 3 is 1.97 bits per heavy atom. The lowest BCUT2D eigenvalue weighted by molar-refractivity contribution is 0.124. The molecule has 34 heavy (non-hydrogen) atoms. The van der Waals surface area contributed by atoms with Crippen LogP contribution in [0.4, 0.5) is 5.69 Å². The first-order valence-corrected chi connectivity index (χ1v) is 13.1. The highest BCUT2D eigenvalue weighted by molar-refractivity contribution is 7.90. The normalized spacial score (nSPS) is 17.8. The summed E-state index contributed by atoms with van der Waals surface area (Å²) in [5.41, 5.74) is 5.46. The third-order valence-electron chi connectivity index (χ3n) is 6.30. The van der Waals surface area contributed by atoms with E-state index in [2.05, 4.69) is 65.3 Å². The number of aromatic nitrogens is 1. The second-order valence-electron chi connectivity index (χ2n) is 8.64. The van der Waals surface area contributed by atoms with Gasteiger partial charge in [0.2, 0.25) is 0 Å². The topological polar surface area (TPSA) is 59.5 Å². The molecule has 4 aromatic rings. The Labute approximate surface area is 200 Å². The van der Waals surface area contributed by atoms with Crippen molar-refractivity contribution in [2.24, 2.45) is 0 Å². The van der Waals surface area contributed by atoms with Crippen molar-refractivity contribution in [3.63, 3.8) is 0 Å². The van der Waals surface area contributed by atoms with Crippen molar-refractivity contribution >= 4 is 15.5 Å². The maximum Gasteiger partial charge on any atom is 0.192 e. The Kier molecular flexibility index (Phi) is 5.84. The molecule has 1 aliphatic heterocycles. The summed E-state index contributed by atoms with van der Waals surface area (Å²) in [4.78, 5) is 6.41. The molecular weight excluding hydrogens is 444 g/mol. The van der Waals surface area contributed by atoms with Gasteiger partial charge >= 0.3 is 0 Å². The molecule has 2 unspecified atom stereocenters. The van der Waals surface area contributed by atoms with Crippen molar-refractivity contribution in [2.45, 2.75) is 24.1 Å². The molecule has 5 rings (SSSR count). The lowest BCUT2D eigenvalue weighted by atomic mass is 9.98. The van der Waals surface area contributed by atoms with Crippen LogP contribution in [0.5, 0.6) is 5.75 Å². The molecule has 0 spiro atoms. The molecule has 0 aliphatic carbocycles. The number of nitrogens with zero attached hydrogens (tertiary/aromatic N) is 2. The summed E-state index contributed by atoms with van der Waals surface area (Å²) in [5.74, 6) is 0.820. The van der Waals surface area contributed by atoms with E-state index in [1.165, 1.54) is 22.9 Å². The fourth-order valence-electron chi connectivity index (χ4n) is 4.20. The van der Waals surface area contributed by atoms with Crippen LogP contribution in [0, 0.1) is 0 Å². The molecule has 5 nitrogen and oxygen atoms in total. The van der Waals surface area contributed by atoms with Crippen LogP contribution in [0.25, 0.3) is 22.3 Å². The van der Waals surface area contributed by atoms with Crippen LogP contribution in [0.15, 0.2) is 102 Å². The van der Waals surface area contributed by atoms with Crippen LogP contribution >= 0.6 is 0 Å². The average molecular weight is 471 g/mol. The highest BCUT2D eigenvalue weighted by atomic mass is 32.2. The number of anilines is 1. The van der Waals surface area contributed by atoms with Gasteiger partial charge in [-0.05, 0) is 60.0 Å². The van der Waals surface area contributed by atoms with Crippen molar-refractivity contribution in [2.75, 3.05) is 17.7 Å². The summed E-state index contributed by atoms with van der Waals surface area (Å²) < 4.78 is 29.4. The lowest BCUT2D eigenvalue weighted by Crippen LogP contribution is -2.61. The van der Waals surface area contributed by atoms with Crippen LogP contribution in [0.3, 0.4) is 0 Å². The largest absolute Gasteiger partial charge is 0.486 e. The number of hydrogen-bond donors (Lipinski definition) is 0. The Morgan fingerprint density at radius 1 is 0.794 bits per heavy atom. The summed E-state index contributed by atoms with van der Waals surface area (Å²) in [7, 11) is -3.30. The maximum absolute atomic E-state index is 11.6. The first-order valence-electron chi connectivity index (χ1n) is 11.2. The third-order valence-corrected chi connectivity index (χ3v) is 7.31. The molecule has 2 heterocycles. The first kappa shape index (κ1) is 22.2. The van der Waals surface area contributed by atoms with Crippen molar-refractivity contribution < 1.29 is 13.2 Å². The smallest absolute Gasteiger partial charge is 0.192 e. The summed E-state index contributed by atoms with van der Waals surface area (Å²) in [6.45, 7) is 3.02. The van der Waals surface area contributed by atoms with Gasteiger partial charge in [0.1, 0.15) is 11.9 Å². The maximum atomic E-state index is 11.6. The molecule has 6 heteroatoms. The molecule has 2 atom stereocenters. The van der Waals surface area contributed by atoms with E-state index >= 15 is 0 Å². The van der Waals surface area contributed by atoms with E-state index in [1.54, 1.807) is 12.3 Å². The Hall–Kier alpha value is -3.64. The zero-order valence-corrected chi connectivity index (χ0v) is 19.9.